The molecule has 0 saturated carbocycles. The number of nitrogens with zero attached hydrogens (tertiary/aromatic N) is 1. The highest BCUT2D eigenvalue weighted by molar-refractivity contribution is 5.94. The molecule has 0 bridgehead atoms. The van der Waals surface area contributed by atoms with Crippen LogP contribution in [0.3, 0.4) is 0 Å². The van der Waals surface area contributed by atoms with E-state index in [2.05, 4.69) is 10.3 Å². The van der Waals surface area contributed by atoms with Crippen molar-refractivity contribution in [2.24, 2.45) is 0 Å². The zero-order valence-corrected chi connectivity index (χ0v) is 9.86. The van der Waals surface area contributed by atoms with Crippen LogP contribution in [0.2, 0.25) is 0 Å². The molecule has 4 nitrogen and oxygen atoms in total. The predicted molar refractivity (Wildman–Crippen MR) is 65.6 cm³/mol. The Morgan fingerprint density at radius 2 is 2.18 bits per heavy atom. The average Bonchev–Trinajstić information content (AvgIpc) is 2.76. The molecule has 4 heteroatoms. The van der Waals surface area contributed by atoms with Gasteiger partial charge in [0.1, 0.15) is 5.76 Å². The molecule has 17 heavy (non-hydrogen) atoms. The summed E-state index contributed by atoms with van der Waals surface area (Å²) >= 11 is 0. The summed E-state index contributed by atoms with van der Waals surface area (Å²) < 4.78 is 5.46. The third-order valence-corrected chi connectivity index (χ3v) is 2.37. The summed E-state index contributed by atoms with van der Waals surface area (Å²) in [5.41, 5.74) is 1.52. The van der Waals surface area contributed by atoms with Gasteiger partial charge in [0.25, 0.3) is 0 Å². The number of rotatable bonds is 3. The highest BCUT2D eigenvalue weighted by Gasteiger charge is 2.10. The van der Waals surface area contributed by atoms with Crippen LogP contribution in [0.1, 0.15) is 19.1 Å². The van der Waals surface area contributed by atoms with Gasteiger partial charge in [0, 0.05) is 6.42 Å². The van der Waals surface area contributed by atoms with Gasteiger partial charge in [-0.3, -0.25) is 4.79 Å². The summed E-state index contributed by atoms with van der Waals surface area (Å²) in [6.07, 6.45) is 2.10. The van der Waals surface area contributed by atoms with E-state index in [9.17, 15) is 4.79 Å². The second-order valence-corrected chi connectivity index (χ2v) is 3.72. The van der Waals surface area contributed by atoms with E-state index in [4.69, 9.17) is 4.42 Å². The molecule has 0 aliphatic rings. The zero-order valence-electron chi connectivity index (χ0n) is 9.86. The smallest absolute Gasteiger partial charge is 0.228 e. The maximum Gasteiger partial charge on any atom is 0.228 e. The number of aryl methyl sites for hydroxylation is 1. The Morgan fingerprint density at radius 3 is 2.82 bits per heavy atom. The molecular formula is C13H14N2O2. The van der Waals surface area contributed by atoms with Crippen molar-refractivity contribution in [1.29, 1.82) is 0 Å². The molecule has 88 valence electrons. The van der Waals surface area contributed by atoms with Crippen molar-refractivity contribution in [3.8, 4) is 11.5 Å². The molecule has 1 aromatic heterocycles. The maximum atomic E-state index is 11.4. The van der Waals surface area contributed by atoms with E-state index < -0.39 is 0 Å². The number of nitrogens with one attached hydrogen (secondary N) is 1. The van der Waals surface area contributed by atoms with Gasteiger partial charge in [0.05, 0.1) is 17.4 Å². The molecule has 1 aromatic carbocycles. The molecule has 1 amide bonds. The van der Waals surface area contributed by atoms with Crippen molar-refractivity contribution in [3.63, 3.8) is 0 Å². The molecular weight excluding hydrogens is 216 g/mol. The highest BCUT2D eigenvalue weighted by Crippen LogP contribution is 2.27. The quantitative estimate of drug-likeness (QED) is 0.881. The lowest BCUT2D eigenvalue weighted by Gasteiger charge is -2.07. The third kappa shape index (κ3) is 2.53. The normalized spacial score (nSPS) is 10.2. The minimum atomic E-state index is -0.0271. The number of benzene rings is 1. The van der Waals surface area contributed by atoms with Gasteiger partial charge in [-0.15, -0.1) is 0 Å². The first-order valence-electron chi connectivity index (χ1n) is 5.52. The minimum absolute atomic E-state index is 0.0271. The largest absolute Gasteiger partial charge is 0.441 e. The Kier molecular flexibility index (Phi) is 3.23. The Balaban J connectivity index is 2.37. The molecule has 0 aliphatic heterocycles. The summed E-state index contributed by atoms with van der Waals surface area (Å²) in [4.78, 5) is 15.6. The zero-order chi connectivity index (χ0) is 12.3. The highest BCUT2D eigenvalue weighted by atomic mass is 16.4. The Morgan fingerprint density at radius 1 is 1.41 bits per heavy atom. The van der Waals surface area contributed by atoms with Crippen LogP contribution in [0, 0.1) is 6.92 Å². The van der Waals surface area contributed by atoms with Crippen LogP contribution < -0.4 is 5.32 Å². The topological polar surface area (TPSA) is 55.1 Å². The van der Waals surface area contributed by atoms with Crippen LogP contribution in [0.25, 0.3) is 11.5 Å². The van der Waals surface area contributed by atoms with Crippen molar-refractivity contribution in [2.75, 3.05) is 5.32 Å². The first-order valence-corrected chi connectivity index (χ1v) is 5.52. The summed E-state index contributed by atoms with van der Waals surface area (Å²) in [6, 6.07) is 7.46. The van der Waals surface area contributed by atoms with E-state index >= 15 is 0 Å². The van der Waals surface area contributed by atoms with Crippen LogP contribution in [-0.4, -0.2) is 10.9 Å². The lowest BCUT2D eigenvalue weighted by molar-refractivity contribution is -0.115. The molecule has 0 saturated heterocycles. The van der Waals surface area contributed by atoms with Crippen molar-refractivity contribution < 1.29 is 9.21 Å². The van der Waals surface area contributed by atoms with Crippen LogP contribution >= 0.6 is 0 Å². The Bertz CT molecular complexity index is 532. The second kappa shape index (κ2) is 4.82. The number of para-hydroxylation sites is 1. The van der Waals surface area contributed by atoms with E-state index in [0.717, 1.165) is 17.0 Å². The number of carbonyl (C=O) groups excluding carboxylic acids is 1. The number of aromatic nitrogens is 1. The van der Waals surface area contributed by atoms with Gasteiger partial charge in [-0.25, -0.2) is 4.98 Å². The monoisotopic (exact) mass is 230 g/mol. The van der Waals surface area contributed by atoms with E-state index in [0.29, 0.717) is 12.3 Å². The van der Waals surface area contributed by atoms with Crippen molar-refractivity contribution in [3.05, 3.63) is 36.2 Å². The summed E-state index contributed by atoms with van der Waals surface area (Å²) in [6.45, 7) is 3.65. The number of oxazole rings is 1. The van der Waals surface area contributed by atoms with E-state index in [1.807, 2.05) is 38.1 Å². The van der Waals surface area contributed by atoms with Gasteiger partial charge >= 0.3 is 0 Å². The first kappa shape index (κ1) is 11.4. The van der Waals surface area contributed by atoms with Gasteiger partial charge in [-0.2, -0.15) is 0 Å². The SMILES string of the molecule is CCC(=O)Nc1ccccc1-c1ncc(C)o1. The number of anilines is 1. The second-order valence-electron chi connectivity index (χ2n) is 3.72. The van der Waals surface area contributed by atoms with E-state index in [-0.39, 0.29) is 5.91 Å². The Labute approximate surface area is 99.7 Å². The summed E-state index contributed by atoms with van der Waals surface area (Å²) in [5.74, 6) is 1.24. The molecule has 1 heterocycles. The fourth-order valence-corrected chi connectivity index (χ4v) is 1.50. The van der Waals surface area contributed by atoms with Crippen LogP contribution in [0.15, 0.2) is 34.9 Å². The van der Waals surface area contributed by atoms with Crippen molar-refractivity contribution in [1.82, 2.24) is 4.98 Å². The molecule has 0 radical (unpaired) electrons. The lowest BCUT2D eigenvalue weighted by atomic mass is 10.1. The molecule has 0 atom stereocenters. The minimum Gasteiger partial charge on any atom is -0.441 e. The van der Waals surface area contributed by atoms with Crippen LogP contribution in [0.5, 0.6) is 0 Å². The number of carbonyl (C=O) groups is 1. The fraction of sp³-hybridized carbons (Fsp3) is 0.231. The number of hydrogen-bond acceptors (Lipinski definition) is 3. The fourth-order valence-electron chi connectivity index (χ4n) is 1.50. The van der Waals surface area contributed by atoms with Crippen molar-refractivity contribution in [2.45, 2.75) is 20.3 Å². The van der Waals surface area contributed by atoms with E-state index in [1.165, 1.54) is 0 Å². The number of amides is 1. The third-order valence-electron chi connectivity index (χ3n) is 2.37. The van der Waals surface area contributed by atoms with Gasteiger partial charge in [0.2, 0.25) is 11.8 Å². The summed E-state index contributed by atoms with van der Waals surface area (Å²) in [5, 5.41) is 2.83. The lowest BCUT2D eigenvalue weighted by Crippen LogP contribution is -2.10. The number of hydrogen-bond donors (Lipinski definition) is 1. The van der Waals surface area contributed by atoms with E-state index in [1.54, 1.807) is 6.20 Å². The van der Waals surface area contributed by atoms with Crippen LogP contribution in [0.4, 0.5) is 5.69 Å². The van der Waals surface area contributed by atoms with Gasteiger partial charge in [0.15, 0.2) is 0 Å². The summed E-state index contributed by atoms with van der Waals surface area (Å²) in [7, 11) is 0. The van der Waals surface area contributed by atoms with Crippen molar-refractivity contribution >= 4 is 11.6 Å². The molecule has 0 fully saturated rings. The Hall–Kier alpha value is -2.10. The van der Waals surface area contributed by atoms with Gasteiger partial charge in [-0.1, -0.05) is 19.1 Å². The average molecular weight is 230 g/mol. The molecule has 1 N–H and O–H groups in total. The molecule has 0 spiro atoms. The predicted octanol–water partition coefficient (Wildman–Crippen LogP) is 3.00. The maximum absolute atomic E-state index is 11.4. The first-order chi connectivity index (χ1) is 8.20. The van der Waals surface area contributed by atoms with Crippen LogP contribution in [-0.2, 0) is 4.79 Å². The molecule has 2 rings (SSSR count). The van der Waals surface area contributed by atoms with Gasteiger partial charge < -0.3 is 9.73 Å². The molecule has 0 unspecified atom stereocenters. The molecule has 0 aliphatic carbocycles. The van der Waals surface area contributed by atoms with Gasteiger partial charge in [-0.05, 0) is 19.1 Å². The molecule has 2 aromatic rings. The standard InChI is InChI=1S/C13H14N2O2/c1-3-12(16)15-11-7-5-4-6-10(11)13-14-8-9(2)17-13/h4-8H,3H2,1-2H3,(H,15,16).